The lowest BCUT2D eigenvalue weighted by Gasteiger charge is -2.29. The monoisotopic (exact) mass is 198 g/mol. The second-order valence-corrected chi connectivity index (χ2v) is 4.32. The van der Waals surface area contributed by atoms with E-state index < -0.39 is 0 Å². The van der Waals surface area contributed by atoms with Crippen LogP contribution in [0.25, 0.3) is 0 Å². The Morgan fingerprint density at radius 2 is 2.07 bits per heavy atom. The fraction of sp³-hybridized carbons (Fsp3) is 0.909. The van der Waals surface area contributed by atoms with Crippen LogP contribution in [0.5, 0.6) is 0 Å². The lowest BCUT2D eigenvalue weighted by Crippen LogP contribution is -2.37. The van der Waals surface area contributed by atoms with Gasteiger partial charge in [-0.2, -0.15) is 0 Å². The molecule has 1 rings (SSSR count). The topological polar surface area (TPSA) is 46.3 Å². The summed E-state index contributed by atoms with van der Waals surface area (Å²) in [7, 11) is 2.11. The largest absolute Gasteiger partial charge is 0.330 e. The van der Waals surface area contributed by atoms with Crippen molar-refractivity contribution < 1.29 is 4.79 Å². The van der Waals surface area contributed by atoms with Gasteiger partial charge in [0.05, 0.1) is 0 Å². The highest BCUT2D eigenvalue weighted by Crippen LogP contribution is 2.21. The first kappa shape index (κ1) is 11.7. The molecular weight excluding hydrogens is 176 g/mol. The Hall–Kier alpha value is -0.410. The van der Waals surface area contributed by atoms with Crippen molar-refractivity contribution in [3.63, 3.8) is 0 Å². The normalized spacial score (nSPS) is 22.2. The first-order valence-electron chi connectivity index (χ1n) is 5.61. The maximum absolute atomic E-state index is 12.0. The van der Waals surface area contributed by atoms with Crippen LogP contribution in [0.4, 0.5) is 0 Å². The van der Waals surface area contributed by atoms with Crippen LogP contribution in [-0.2, 0) is 4.79 Å². The molecule has 0 aromatic rings. The Bertz CT molecular complexity index is 182. The van der Waals surface area contributed by atoms with E-state index in [1.807, 2.05) is 6.92 Å². The van der Waals surface area contributed by atoms with E-state index >= 15 is 0 Å². The quantitative estimate of drug-likeness (QED) is 0.729. The maximum atomic E-state index is 12.0. The number of rotatable bonds is 4. The molecule has 3 nitrogen and oxygen atoms in total. The van der Waals surface area contributed by atoms with Gasteiger partial charge >= 0.3 is 0 Å². The molecule has 2 N–H and O–H groups in total. The third-order valence-corrected chi connectivity index (χ3v) is 3.30. The SMILES string of the molecule is CCC(CN)C(=O)C1CCN(C)CC1. The molecule has 0 aliphatic carbocycles. The zero-order chi connectivity index (χ0) is 10.6. The molecule has 82 valence electrons. The van der Waals surface area contributed by atoms with Gasteiger partial charge < -0.3 is 10.6 Å². The number of hydrogen-bond acceptors (Lipinski definition) is 3. The number of likely N-dealkylation sites (tertiary alicyclic amines) is 1. The molecule has 0 saturated carbocycles. The number of carbonyl (C=O) groups excluding carboxylic acids is 1. The molecule has 0 aromatic carbocycles. The number of hydrogen-bond donors (Lipinski definition) is 1. The molecule has 0 aromatic heterocycles. The minimum absolute atomic E-state index is 0.100. The second kappa shape index (κ2) is 5.47. The molecule has 0 spiro atoms. The van der Waals surface area contributed by atoms with E-state index in [1.165, 1.54) is 0 Å². The molecule has 0 radical (unpaired) electrons. The molecule has 1 atom stereocenters. The van der Waals surface area contributed by atoms with Gasteiger partial charge in [0, 0.05) is 18.4 Å². The third kappa shape index (κ3) is 2.79. The lowest BCUT2D eigenvalue weighted by atomic mass is 9.85. The lowest BCUT2D eigenvalue weighted by molar-refractivity contribution is -0.128. The summed E-state index contributed by atoms with van der Waals surface area (Å²) < 4.78 is 0. The summed E-state index contributed by atoms with van der Waals surface area (Å²) in [4.78, 5) is 14.3. The van der Waals surface area contributed by atoms with Crippen LogP contribution in [-0.4, -0.2) is 37.4 Å². The Balaban J connectivity index is 2.44. The number of piperidine rings is 1. The summed E-state index contributed by atoms with van der Waals surface area (Å²) >= 11 is 0. The summed E-state index contributed by atoms with van der Waals surface area (Å²) in [6.45, 7) is 4.67. The molecule has 0 bridgehead atoms. The van der Waals surface area contributed by atoms with Crippen molar-refractivity contribution in [3.8, 4) is 0 Å². The molecule has 1 aliphatic rings. The van der Waals surface area contributed by atoms with Crippen LogP contribution in [0.15, 0.2) is 0 Å². The summed E-state index contributed by atoms with van der Waals surface area (Å²) in [6, 6.07) is 0. The zero-order valence-electron chi connectivity index (χ0n) is 9.33. The highest BCUT2D eigenvalue weighted by Gasteiger charge is 2.27. The van der Waals surface area contributed by atoms with Crippen molar-refractivity contribution >= 4 is 5.78 Å². The van der Waals surface area contributed by atoms with E-state index in [4.69, 9.17) is 5.73 Å². The van der Waals surface area contributed by atoms with Crippen LogP contribution in [0, 0.1) is 11.8 Å². The summed E-state index contributed by atoms with van der Waals surface area (Å²) in [5, 5.41) is 0. The minimum Gasteiger partial charge on any atom is -0.330 e. The fourth-order valence-corrected chi connectivity index (χ4v) is 2.11. The van der Waals surface area contributed by atoms with Crippen molar-refractivity contribution in [1.82, 2.24) is 4.90 Å². The predicted octanol–water partition coefficient (Wildman–Crippen LogP) is 0.882. The number of nitrogens with zero attached hydrogens (tertiary/aromatic N) is 1. The Morgan fingerprint density at radius 1 is 1.50 bits per heavy atom. The Morgan fingerprint density at radius 3 is 2.50 bits per heavy atom. The number of ketones is 1. The van der Waals surface area contributed by atoms with Crippen molar-refractivity contribution in [3.05, 3.63) is 0 Å². The standard InChI is InChI=1S/C11H22N2O/c1-3-9(8-12)11(14)10-4-6-13(2)7-5-10/h9-10H,3-8,12H2,1-2H3. The number of nitrogens with two attached hydrogens (primary N) is 1. The molecule has 14 heavy (non-hydrogen) atoms. The fourth-order valence-electron chi connectivity index (χ4n) is 2.11. The van der Waals surface area contributed by atoms with Gasteiger partial charge in [0.25, 0.3) is 0 Å². The van der Waals surface area contributed by atoms with Gasteiger partial charge in [0.1, 0.15) is 5.78 Å². The van der Waals surface area contributed by atoms with Crippen molar-refractivity contribution in [1.29, 1.82) is 0 Å². The van der Waals surface area contributed by atoms with Gasteiger partial charge in [-0.3, -0.25) is 4.79 Å². The highest BCUT2D eigenvalue weighted by molar-refractivity contribution is 5.83. The minimum atomic E-state index is 0.100. The summed E-state index contributed by atoms with van der Waals surface area (Å²) in [6.07, 6.45) is 2.93. The van der Waals surface area contributed by atoms with E-state index in [1.54, 1.807) is 0 Å². The first-order chi connectivity index (χ1) is 6.69. The van der Waals surface area contributed by atoms with Crippen LogP contribution in [0.2, 0.25) is 0 Å². The zero-order valence-corrected chi connectivity index (χ0v) is 9.33. The highest BCUT2D eigenvalue weighted by atomic mass is 16.1. The summed E-state index contributed by atoms with van der Waals surface area (Å²) in [5.41, 5.74) is 5.59. The summed E-state index contributed by atoms with van der Waals surface area (Å²) in [5.74, 6) is 0.784. The molecule has 1 heterocycles. The third-order valence-electron chi connectivity index (χ3n) is 3.30. The van der Waals surface area contributed by atoms with Gasteiger partial charge in [-0.15, -0.1) is 0 Å². The average molecular weight is 198 g/mol. The smallest absolute Gasteiger partial charge is 0.140 e. The Kier molecular flexibility index (Phi) is 4.55. The van der Waals surface area contributed by atoms with E-state index in [0.717, 1.165) is 32.4 Å². The predicted molar refractivity (Wildman–Crippen MR) is 58.1 cm³/mol. The molecular formula is C11H22N2O. The Labute approximate surface area is 86.6 Å². The van der Waals surface area contributed by atoms with Crippen LogP contribution in [0.1, 0.15) is 26.2 Å². The van der Waals surface area contributed by atoms with E-state index in [0.29, 0.717) is 12.3 Å². The first-order valence-corrected chi connectivity index (χ1v) is 5.61. The second-order valence-electron chi connectivity index (χ2n) is 4.32. The molecule has 1 saturated heterocycles. The van der Waals surface area contributed by atoms with Crippen molar-refractivity contribution in [2.45, 2.75) is 26.2 Å². The van der Waals surface area contributed by atoms with Crippen LogP contribution < -0.4 is 5.73 Å². The van der Waals surface area contributed by atoms with E-state index in [-0.39, 0.29) is 11.8 Å². The van der Waals surface area contributed by atoms with Gasteiger partial charge in [-0.25, -0.2) is 0 Å². The number of carbonyl (C=O) groups is 1. The van der Waals surface area contributed by atoms with E-state index in [9.17, 15) is 4.79 Å². The van der Waals surface area contributed by atoms with Crippen LogP contribution >= 0.6 is 0 Å². The van der Waals surface area contributed by atoms with Crippen LogP contribution in [0.3, 0.4) is 0 Å². The molecule has 0 amide bonds. The molecule has 1 unspecified atom stereocenters. The molecule has 1 fully saturated rings. The van der Waals surface area contributed by atoms with Crippen molar-refractivity contribution in [2.24, 2.45) is 17.6 Å². The molecule has 3 heteroatoms. The number of Topliss-reactive ketones (excluding diaryl/α,β-unsaturated/α-hetero) is 1. The average Bonchev–Trinajstić information content (AvgIpc) is 2.20. The molecule has 1 aliphatic heterocycles. The van der Waals surface area contributed by atoms with Gasteiger partial charge in [0.15, 0.2) is 0 Å². The van der Waals surface area contributed by atoms with E-state index in [2.05, 4.69) is 11.9 Å². The van der Waals surface area contributed by atoms with Gasteiger partial charge in [-0.05, 0) is 39.4 Å². The van der Waals surface area contributed by atoms with Crippen molar-refractivity contribution in [2.75, 3.05) is 26.7 Å². The van der Waals surface area contributed by atoms with Gasteiger partial charge in [-0.1, -0.05) is 6.92 Å². The van der Waals surface area contributed by atoms with Gasteiger partial charge in [0.2, 0.25) is 0 Å². The maximum Gasteiger partial charge on any atom is 0.140 e.